The molecule has 0 bridgehead atoms. The largest absolute Gasteiger partial charge is 0.497 e. The Kier molecular flexibility index (Phi) is 8.01. The molecule has 0 unspecified atom stereocenters. The van der Waals surface area contributed by atoms with Gasteiger partial charge in [-0.15, -0.1) is 0 Å². The molecular formula is C24H29N3O5S. The normalized spacial score (nSPS) is 13.5. The van der Waals surface area contributed by atoms with E-state index in [2.05, 4.69) is 9.97 Å². The SMILES string of the molecule is COc1ccc(CN(Cc2ccc(OC)cc2)S(=O)(=O)[C@@H](C)[C@@H](O)c2ncc(C)cn2)cc1. The molecule has 0 radical (unpaired) electrons. The Morgan fingerprint density at radius 3 is 1.70 bits per heavy atom. The van der Waals surface area contributed by atoms with E-state index in [1.807, 2.05) is 31.2 Å². The smallest absolute Gasteiger partial charge is 0.220 e. The van der Waals surface area contributed by atoms with Gasteiger partial charge in [0.15, 0.2) is 5.82 Å². The summed E-state index contributed by atoms with van der Waals surface area (Å²) in [6, 6.07) is 14.4. The van der Waals surface area contributed by atoms with Gasteiger partial charge in [0.05, 0.1) is 14.2 Å². The third-order valence-corrected chi connectivity index (χ3v) is 7.55. The highest BCUT2D eigenvalue weighted by molar-refractivity contribution is 7.89. The topological polar surface area (TPSA) is 102 Å². The van der Waals surface area contributed by atoms with Gasteiger partial charge in [0.25, 0.3) is 0 Å². The van der Waals surface area contributed by atoms with Gasteiger partial charge in [-0.05, 0) is 54.8 Å². The molecule has 1 heterocycles. The van der Waals surface area contributed by atoms with E-state index in [0.717, 1.165) is 16.7 Å². The van der Waals surface area contributed by atoms with Gasteiger partial charge in [0.1, 0.15) is 22.9 Å². The Balaban J connectivity index is 1.91. The zero-order chi connectivity index (χ0) is 24.0. The van der Waals surface area contributed by atoms with E-state index in [9.17, 15) is 13.5 Å². The number of benzene rings is 2. The molecule has 1 aromatic heterocycles. The first kappa shape index (κ1) is 24.6. The van der Waals surface area contributed by atoms with Crippen LogP contribution in [0, 0.1) is 6.92 Å². The van der Waals surface area contributed by atoms with Crippen molar-refractivity contribution in [3.05, 3.63) is 83.4 Å². The molecule has 0 saturated carbocycles. The van der Waals surface area contributed by atoms with Crippen LogP contribution >= 0.6 is 0 Å². The predicted molar refractivity (Wildman–Crippen MR) is 125 cm³/mol. The van der Waals surface area contributed by atoms with Crippen LogP contribution in [0.4, 0.5) is 0 Å². The fourth-order valence-corrected chi connectivity index (χ4v) is 4.84. The van der Waals surface area contributed by atoms with Gasteiger partial charge in [-0.25, -0.2) is 18.4 Å². The lowest BCUT2D eigenvalue weighted by molar-refractivity contribution is 0.162. The maximum atomic E-state index is 13.6. The molecule has 3 rings (SSSR count). The van der Waals surface area contributed by atoms with Crippen LogP contribution in [0.15, 0.2) is 60.9 Å². The van der Waals surface area contributed by atoms with E-state index in [1.54, 1.807) is 50.9 Å². The first-order valence-electron chi connectivity index (χ1n) is 10.5. The molecule has 0 aliphatic heterocycles. The molecule has 1 N–H and O–H groups in total. The van der Waals surface area contributed by atoms with Crippen LogP contribution in [0.1, 0.15) is 35.5 Å². The third kappa shape index (κ3) is 6.07. The number of aromatic nitrogens is 2. The summed E-state index contributed by atoms with van der Waals surface area (Å²) < 4.78 is 39.0. The Morgan fingerprint density at radius 1 is 0.879 bits per heavy atom. The quantitative estimate of drug-likeness (QED) is 0.484. The molecule has 33 heavy (non-hydrogen) atoms. The molecule has 2 aromatic carbocycles. The molecule has 0 aliphatic carbocycles. The standard InChI is InChI=1S/C24H29N3O5S/c1-17-13-25-24(26-14-17)23(28)18(2)33(29,30)27(15-19-5-9-21(31-3)10-6-19)16-20-7-11-22(32-4)12-8-20/h5-14,18,23,28H,15-16H2,1-4H3/t18-,23+/m0/s1. The van der Waals surface area contributed by atoms with Gasteiger partial charge >= 0.3 is 0 Å². The second-order valence-corrected chi connectivity index (χ2v) is 10.1. The highest BCUT2D eigenvalue weighted by Crippen LogP contribution is 2.26. The summed E-state index contributed by atoms with van der Waals surface area (Å²) in [4.78, 5) is 8.21. The van der Waals surface area contributed by atoms with Crippen molar-refractivity contribution in [3.8, 4) is 11.5 Å². The molecule has 0 saturated heterocycles. The molecule has 3 aromatic rings. The Labute approximate surface area is 194 Å². The van der Waals surface area contributed by atoms with Crippen molar-refractivity contribution >= 4 is 10.0 Å². The van der Waals surface area contributed by atoms with E-state index in [4.69, 9.17) is 9.47 Å². The van der Waals surface area contributed by atoms with Crippen molar-refractivity contribution in [1.29, 1.82) is 0 Å². The summed E-state index contributed by atoms with van der Waals surface area (Å²) in [6.45, 7) is 3.55. The van der Waals surface area contributed by atoms with E-state index >= 15 is 0 Å². The number of hydrogen-bond acceptors (Lipinski definition) is 7. The number of hydrogen-bond donors (Lipinski definition) is 1. The zero-order valence-electron chi connectivity index (χ0n) is 19.2. The number of rotatable bonds is 10. The minimum atomic E-state index is -3.95. The molecular weight excluding hydrogens is 442 g/mol. The van der Waals surface area contributed by atoms with Crippen LogP contribution in [0.3, 0.4) is 0 Å². The summed E-state index contributed by atoms with van der Waals surface area (Å²) in [7, 11) is -0.795. The highest BCUT2D eigenvalue weighted by Gasteiger charge is 2.36. The summed E-state index contributed by atoms with van der Waals surface area (Å²) in [6.07, 6.45) is 1.74. The average Bonchev–Trinajstić information content (AvgIpc) is 2.84. The zero-order valence-corrected chi connectivity index (χ0v) is 20.0. The number of methoxy groups -OCH3 is 2. The van der Waals surface area contributed by atoms with Crippen LogP contribution in [0.2, 0.25) is 0 Å². The van der Waals surface area contributed by atoms with Gasteiger partial charge in [-0.3, -0.25) is 0 Å². The lowest BCUT2D eigenvalue weighted by atomic mass is 10.2. The number of aliphatic hydroxyl groups is 1. The summed E-state index contributed by atoms with van der Waals surface area (Å²) in [5, 5.41) is 9.61. The fourth-order valence-electron chi connectivity index (χ4n) is 3.27. The molecule has 8 nitrogen and oxygen atoms in total. The van der Waals surface area contributed by atoms with Crippen molar-refractivity contribution in [2.75, 3.05) is 14.2 Å². The van der Waals surface area contributed by atoms with Crippen molar-refractivity contribution in [3.63, 3.8) is 0 Å². The predicted octanol–water partition coefficient (Wildman–Crippen LogP) is 3.26. The van der Waals surface area contributed by atoms with Crippen LogP contribution in [0.25, 0.3) is 0 Å². The first-order chi connectivity index (χ1) is 15.7. The molecule has 0 aliphatic rings. The van der Waals surface area contributed by atoms with Gasteiger partial charge in [-0.1, -0.05) is 24.3 Å². The Hall–Kier alpha value is -3.01. The van der Waals surface area contributed by atoms with Gasteiger partial charge in [-0.2, -0.15) is 4.31 Å². The van der Waals surface area contributed by atoms with Gasteiger partial charge in [0, 0.05) is 25.5 Å². The maximum absolute atomic E-state index is 13.6. The van der Waals surface area contributed by atoms with E-state index in [0.29, 0.717) is 11.5 Å². The first-order valence-corrected chi connectivity index (χ1v) is 12.0. The average molecular weight is 472 g/mol. The second kappa shape index (κ2) is 10.7. The van der Waals surface area contributed by atoms with Crippen molar-refractivity contribution in [2.45, 2.75) is 38.3 Å². The highest BCUT2D eigenvalue weighted by atomic mass is 32.2. The number of ether oxygens (including phenoxy) is 2. The second-order valence-electron chi connectivity index (χ2n) is 7.78. The maximum Gasteiger partial charge on any atom is 0.220 e. The monoisotopic (exact) mass is 471 g/mol. The molecule has 2 atom stereocenters. The minimum Gasteiger partial charge on any atom is -0.497 e. The Bertz CT molecular complexity index is 1080. The molecule has 9 heteroatoms. The number of nitrogens with zero attached hydrogens (tertiary/aromatic N) is 3. The summed E-state index contributed by atoms with van der Waals surface area (Å²) >= 11 is 0. The van der Waals surface area contributed by atoms with Crippen LogP contribution in [-0.2, 0) is 23.1 Å². The minimum absolute atomic E-state index is 0.0746. The van der Waals surface area contributed by atoms with Gasteiger partial charge < -0.3 is 14.6 Å². The van der Waals surface area contributed by atoms with Crippen molar-refractivity contribution in [1.82, 2.24) is 14.3 Å². The van der Waals surface area contributed by atoms with Gasteiger partial charge in [0.2, 0.25) is 10.0 Å². The number of sulfonamides is 1. The molecule has 0 spiro atoms. The summed E-state index contributed by atoms with van der Waals surface area (Å²) in [5.74, 6) is 1.44. The number of aliphatic hydroxyl groups excluding tert-OH is 1. The molecule has 176 valence electrons. The van der Waals surface area contributed by atoms with E-state index in [-0.39, 0.29) is 18.9 Å². The van der Waals surface area contributed by atoms with Crippen LogP contribution in [-0.4, -0.2) is 47.3 Å². The van der Waals surface area contributed by atoms with Crippen LogP contribution < -0.4 is 9.47 Å². The third-order valence-electron chi connectivity index (χ3n) is 5.38. The van der Waals surface area contributed by atoms with Crippen molar-refractivity contribution in [2.24, 2.45) is 0 Å². The number of aryl methyl sites for hydroxylation is 1. The van der Waals surface area contributed by atoms with E-state index in [1.165, 1.54) is 11.2 Å². The fraction of sp³-hybridized carbons (Fsp3) is 0.333. The van der Waals surface area contributed by atoms with Crippen LogP contribution in [0.5, 0.6) is 11.5 Å². The molecule has 0 fully saturated rings. The van der Waals surface area contributed by atoms with Crippen molar-refractivity contribution < 1.29 is 23.0 Å². The molecule has 0 amide bonds. The lowest BCUT2D eigenvalue weighted by Crippen LogP contribution is -2.40. The summed E-state index contributed by atoms with van der Waals surface area (Å²) in [5.41, 5.74) is 2.41. The lowest BCUT2D eigenvalue weighted by Gasteiger charge is -2.28. The van der Waals surface area contributed by atoms with E-state index < -0.39 is 21.4 Å². The Morgan fingerprint density at radius 2 is 1.30 bits per heavy atom.